The average molecular weight is 279 g/mol. The van der Waals surface area contributed by atoms with Gasteiger partial charge in [-0.2, -0.15) is 0 Å². The minimum atomic E-state index is -0.105. The summed E-state index contributed by atoms with van der Waals surface area (Å²) in [5, 5.41) is 0. The van der Waals surface area contributed by atoms with E-state index in [1.54, 1.807) is 13.2 Å². The zero-order valence-electron chi connectivity index (χ0n) is 12.8. The molecule has 2 heterocycles. The van der Waals surface area contributed by atoms with Gasteiger partial charge in [0.05, 0.1) is 5.60 Å². The zero-order valence-corrected chi connectivity index (χ0v) is 12.8. The second-order valence-corrected chi connectivity index (χ2v) is 6.08. The highest BCUT2D eigenvalue weighted by molar-refractivity contribution is 5.88. The van der Waals surface area contributed by atoms with Crippen molar-refractivity contribution in [2.75, 3.05) is 20.2 Å². The highest BCUT2D eigenvalue weighted by atomic mass is 16.5. The molecule has 5 nitrogen and oxygen atoms in total. The number of methoxy groups -OCH3 is 1. The van der Waals surface area contributed by atoms with E-state index in [1.807, 2.05) is 0 Å². The molecule has 1 saturated heterocycles. The molecule has 0 atom stereocenters. The molecule has 112 valence electrons. The van der Waals surface area contributed by atoms with Gasteiger partial charge in [0, 0.05) is 37.7 Å². The lowest BCUT2D eigenvalue weighted by molar-refractivity contribution is -0.117. The van der Waals surface area contributed by atoms with Crippen LogP contribution in [-0.4, -0.2) is 36.6 Å². The van der Waals surface area contributed by atoms with Gasteiger partial charge in [0.15, 0.2) is 0 Å². The Kier molecular flexibility index (Phi) is 4.38. The molecule has 2 rings (SSSR count). The number of amides is 1. The van der Waals surface area contributed by atoms with Gasteiger partial charge in [-0.15, -0.1) is 0 Å². The molecule has 0 radical (unpaired) electrons. The second-order valence-electron chi connectivity index (χ2n) is 6.08. The molecule has 2 aliphatic rings. The Hall–Kier alpha value is -1.49. The number of rotatable bonds is 3. The number of carbonyl (C=O) groups excluding carboxylic acids is 1. The van der Waals surface area contributed by atoms with E-state index in [2.05, 4.69) is 42.6 Å². The molecule has 0 aliphatic carbocycles. The lowest BCUT2D eigenvalue weighted by Gasteiger charge is -2.39. The number of nitrogens with zero attached hydrogens (tertiary/aromatic N) is 1. The molecule has 0 aromatic rings. The number of allylic oxidation sites excluding steroid dienone is 2. The van der Waals surface area contributed by atoms with Crippen LogP contribution in [0.1, 0.15) is 33.6 Å². The molecule has 2 aliphatic heterocycles. The van der Waals surface area contributed by atoms with Gasteiger partial charge in [0.25, 0.3) is 5.91 Å². The fourth-order valence-corrected chi connectivity index (χ4v) is 2.48. The highest BCUT2D eigenvalue weighted by Crippen LogP contribution is 2.28. The summed E-state index contributed by atoms with van der Waals surface area (Å²) in [5.41, 5.74) is 7.65. The van der Waals surface area contributed by atoms with Crippen molar-refractivity contribution in [3.8, 4) is 0 Å². The first kappa shape index (κ1) is 14.9. The molecule has 5 heteroatoms. The molecular weight excluding hydrogens is 254 g/mol. The Balaban J connectivity index is 2.13. The van der Waals surface area contributed by atoms with E-state index in [4.69, 9.17) is 4.74 Å². The Bertz CT molecular complexity index is 432. The van der Waals surface area contributed by atoms with Crippen molar-refractivity contribution in [1.29, 1.82) is 0 Å². The number of piperidine rings is 1. The highest BCUT2D eigenvalue weighted by Gasteiger charge is 2.30. The minimum Gasteiger partial charge on any atom is -0.378 e. The van der Waals surface area contributed by atoms with Crippen LogP contribution in [0.5, 0.6) is 0 Å². The quantitative estimate of drug-likeness (QED) is 0.823. The van der Waals surface area contributed by atoms with Crippen molar-refractivity contribution < 1.29 is 9.53 Å². The van der Waals surface area contributed by atoms with Gasteiger partial charge < -0.3 is 15.1 Å². The molecule has 1 amide bonds. The molecular formula is C15H25N3O2. The van der Waals surface area contributed by atoms with E-state index in [9.17, 15) is 4.79 Å². The summed E-state index contributed by atoms with van der Waals surface area (Å²) in [4.78, 5) is 14.0. The van der Waals surface area contributed by atoms with Crippen LogP contribution in [0, 0.1) is 5.92 Å². The van der Waals surface area contributed by atoms with Gasteiger partial charge >= 0.3 is 0 Å². The molecule has 0 spiro atoms. The monoisotopic (exact) mass is 279 g/mol. The second kappa shape index (κ2) is 5.87. The Morgan fingerprint density at radius 2 is 1.90 bits per heavy atom. The molecule has 0 bridgehead atoms. The zero-order chi connectivity index (χ0) is 14.8. The van der Waals surface area contributed by atoms with Crippen LogP contribution in [0.15, 0.2) is 23.5 Å². The van der Waals surface area contributed by atoms with E-state index in [-0.39, 0.29) is 11.5 Å². The van der Waals surface area contributed by atoms with E-state index >= 15 is 0 Å². The number of hydrogen-bond donors (Lipinski definition) is 2. The van der Waals surface area contributed by atoms with Crippen molar-refractivity contribution in [3.05, 3.63) is 23.5 Å². The van der Waals surface area contributed by atoms with Crippen LogP contribution in [0.2, 0.25) is 0 Å². The fraction of sp³-hybridized carbons (Fsp3) is 0.667. The van der Waals surface area contributed by atoms with E-state index in [1.165, 1.54) is 0 Å². The smallest absolute Gasteiger partial charge is 0.264 e. The van der Waals surface area contributed by atoms with Crippen molar-refractivity contribution in [1.82, 2.24) is 15.8 Å². The molecule has 20 heavy (non-hydrogen) atoms. The number of carbonyl (C=O) groups is 1. The van der Waals surface area contributed by atoms with Gasteiger partial charge in [-0.25, -0.2) is 0 Å². The molecule has 0 aromatic carbocycles. The minimum absolute atomic E-state index is 0.0348. The van der Waals surface area contributed by atoms with Crippen LogP contribution in [0.3, 0.4) is 0 Å². The van der Waals surface area contributed by atoms with Gasteiger partial charge in [0.1, 0.15) is 0 Å². The van der Waals surface area contributed by atoms with Crippen LogP contribution in [0.25, 0.3) is 0 Å². The molecule has 0 unspecified atom stereocenters. The third-order valence-electron chi connectivity index (χ3n) is 4.21. The number of likely N-dealkylation sites (tertiary alicyclic amines) is 1. The van der Waals surface area contributed by atoms with Crippen molar-refractivity contribution in [2.45, 2.75) is 39.2 Å². The third-order valence-corrected chi connectivity index (χ3v) is 4.21. The molecule has 0 aromatic heterocycles. The van der Waals surface area contributed by atoms with Gasteiger partial charge in [-0.3, -0.25) is 10.2 Å². The van der Waals surface area contributed by atoms with Gasteiger partial charge in [-0.05, 0) is 31.8 Å². The number of nitrogens with one attached hydrogen (secondary N) is 2. The Labute approximate surface area is 121 Å². The van der Waals surface area contributed by atoms with Crippen molar-refractivity contribution >= 4 is 5.91 Å². The van der Waals surface area contributed by atoms with E-state index in [0.29, 0.717) is 5.92 Å². The van der Waals surface area contributed by atoms with Crippen molar-refractivity contribution in [2.24, 2.45) is 5.92 Å². The predicted molar refractivity (Wildman–Crippen MR) is 78.5 cm³/mol. The average Bonchev–Trinajstić information content (AvgIpc) is 2.62. The first-order chi connectivity index (χ1) is 9.43. The first-order valence-electron chi connectivity index (χ1n) is 7.23. The normalized spacial score (nSPS) is 22.6. The molecule has 1 fully saturated rings. The van der Waals surface area contributed by atoms with Crippen LogP contribution >= 0.6 is 0 Å². The van der Waals surface area contributed by atoms with Crippen LogP contribution < -0.4 is 10.9 Å². The Morgan fingerprint density at radius 1 is 1.25 bits per heavy atom. The largest absolute Gasteiger partial charge is 0.378 e. The maximum Gasteiger partial charge on any atom is 0.264 e. The van der Waals surface area contributed by atoms with Gasteiger partial charge in [-0.1, -0.05) is 13.8 Å². The lowest BCUT2D eigenvalue weighted by atomic mass is 9.93. The van der Waals surface area contributed by atoms with Crippen molar-refractivity contribution in [3.63, 3.8) is 0 Å². The van der Waals surface area contributed by atoms with E-state index < -0.39 is 0 Å². The van der Waals surface area contributed by atoms with Crippen LogP contribution in [0.4, 0.5) is 0 Å². The summed E-state index contributed by atoms with van der Waals surface area (Å²) >= 11 is 0. The van der Waals surface area contributed by atoms with Gasteiger partial charge in [0.2, 0.25) is 0 Å². The maximum atomic E-state index is 11.8. The standard InChI is InChI=1S/C15H25N3O2/c1-11(2)13-9-12(10-14(19)17-16-13)18-7-5-15(3,20-4)6-8-18/h9-11,16H,5-8H2,1-4H3,(H,17,19). The topological polar surface area (TPSA) is 53.6 Å². The predicted octanol–water partition coefficient (Wildman–Crippen LogP) is 1.55. The van der Waals surface area contributed by atoms with E-state index in [0.717, 1.165) is 37.3 Å². The summed E-state index contributed by atoms with van der Waals surface area (Å²) in [6.45, 7) is 8.17. The summed E-state index contributed by atoms with van der Waals surface area (Å²) in [6, 6.07) is 0. The first-order valence-corrected chi connectivity index (χ1v) is 7.23. The Morgan fingerprint density at radius 3 is 2.45 bits per heavy atom. The lowest BCUT2D eigenvalue weighted by Crippen LogP contribution is -2.43. The maximum absolute atomic E-state index is 11.8. The summed E-state index contributed by atoms with van der Waals surface area (Å²) < 4.78 is 5.57. The summed E-state index contributed by atoms with van der Waals surface area (Å²) in [6.07, 6.45) is 5.68. The fourth-order valence-electron chi connectivity index (χ4n) is 2.48. The SMILES string of the molecule is COC1(C)CCN(C2=CC(=O)NNC(C(C)C)=C2)CC1. The molecule has 0 saturated carbocycles. The number of ether oxygens (including phenoxy) is 1. The number of hydrogen-bond acceptors (Lipinski definition) is 4. The summed E-state index contributed by atoms with van der Waals surface area (Å²) in [7, 11) is 1.77. The summed E-state index contributed by atoms with van der Waals surface area (Å²) in [5.74, 6) is 0.234. The molecule has 2 N–H and O–H groups in total. The third kappa shape index (κ3) is 3.33. The number of hydrazine groups is 1. The van der Waals surface area contributed by atoms with Crippen LogP contribution in [-0.2, 0) is 9.53 Å².